The van der Waals surface area contributed by atoms with Crippen molar-refractivity contribution in [3.63, 3.8) is 0 Å². The second-order valence-electron chi connectivity index (χ2n) is 19.7. The van der Waals surface area contributed by atoms with Crippen LogP contribution in [0.25, 0.3) is 0 Å². The van der Waals surface area contributed by atoms with Crippen LogP contribution in [-0.4, -0.2) is 34.9 Å². The Balaban J connectivity index is 3.47. The molecule has 0 saturated carbocycles. The number of unbranched alkanes of at least 4 members (excludes halogenated alkanes) is 44. The molecule has 62 heavy (non-hydrogen) atoms. The Morgan fingerprint density at radius 3 is 0.935 bits per heavy atom. The van der Waals surface area contributed by atoms with Crippen LogP contribution in [0.1, 0.15) is 322 Å². The summed E-state index contributed by atoms with van der Waals surface area (Å²) in [7, 11) is 0. The molecule has 0 saturated heterocycles. The lowest BCUT2D eigenvalue weighted by molar-refractivity contribution is -0.123. The topological polar surface area (TPSA) is 69.6 Å². The van der Waals surface area contributed by atoms with Crippen molar-refractivity contribution >= 4 is 5.91 Å². The van der Waals surface area contributed by atoms with E-state index in [1.54, 1.807) is 6.08 Å². The molecule has 2 unspecified atom stereocenters. The molecule has 0 aromatic rings. The number of carbonyl (C=O) groups is 1. The molecule has 0 aliphatic rings. The Morgan fingerprint density at radius 2 is 0.629 bits per heavy atom. The summed E-state index contributed by atoms with van der Waals surface area (Å²) in [5.74, 6) is -0.0673. The van der Waals surface area contributed by atoms with E-state index < -0.39 is 12.1 Å². The summed E-state index contributed by atoms with van der Waals surface area (Å²) in [5.41, 5.74) is 0. The maximum atomic E-state index is 12.4. The number of hydrogen-bond donors (Lipinski definition) is 3. The summed E-state index contributed by atoms with van der Waals surface area (Å²) in [6, 6.07) is -0.636. The van der Waals surface area contributed by atoms with Crippen LogP contribution < -0.4 is 5.32 Å². The third-order valence-electron chi connectivity index (χ3n) is 13.4. The number of amides is 1. The highest BCUT2D eigenvalue weighted by Gasteiger charge is 2.18. The predicted molar refractivity (Wildman–Crippen MR) is 276 cm³/mol. The largest absolute Gasteiger partial charge is 0.394 e. The lowest BCUT2D eigenvalue weighted by Gasteiger charge is -2.19. The summed E-state index contributed by atoms with van der Waals surface area (Å²) >= 11 is 0. The molecule has 1 amide bonds. The number of carbonyl (C=O) groups excluding carboxylic acids is 1. The van der Waals surface area contributed by atoms with Crippen molar-refractivity contribution in [2.45, 2.75) is 334 Å². The van der Waals surface area contributed by atoms with Gasteiger partial charge >= 0.3 is 0 Å². The first-order chi connectivity index (χ1) is 30.7. The first-order valence-electron chi connectivity index (χ1n) is 28.6. The SMILES string of the molecule is CCCCCCCCCCCCCCCCCCCCCCCCCCC/C=C/CC/C=C/C(O)C(CO)NC(=O)CCCCCCCCCCCCCCCCCCCCC. The zero-order chi connectivity index (χ0) is 44.9. The van der Waals surface area contributed by atoms with E-state index in [0.717, 1.165) is 32.1 Å². The molecule has 0 spiro atoms. The van der Waals surface area contributed by atoms with Crippen molar-refractivity contribution in [1.82, 2.24) is 5.32 Å². The van der Waals surface area contributed by atoms with Gasteiger partial charge < -0.3 is 15.5 Å². The molecular weight excluding hydrogens is 759 g/mol. The van der Waals surface area contributed by atoms with Crippen molar-refractivity contribution in [3.05, 3.63) is 24.3 Å². The molecule has 0 aliphatic carbocycles. The van der Waals surface area contributed by atoms with Gasteiger partial charge in [0.15, 0.2) is 0 Å². The molecule has 0 rings (SSSR count). The minimum absolute atomic E-state index is 0.0673. The molecule has 3 N–H and O–H groups in total. The highest BCUT2D eigenvalue weighted by Crippen LogP contribution is 2.18. The lowest BCUT2D eigenvalue weighted by Crippen LogP contribution is -2.45. The molecule has 0 heterocycles. The first kappa shape index (κ1) is 60.9. The van der Waals surface area contributed by atoms with E-state index in [1.165, 1.54) is 270 Å². The van der Waals surface area contributed by atoms with Gasteiger partial charge in [0.1, 0.15) is 0 Å². The zero-order valence-electron chi connectivity index (χ0n) is 42.4. The van der Waals surface area contributed by atoms with Gasteiger partial charge in [0.05, 0.1) is 18.8 Å². The van der Waals surface area contributed by atoms with Crippen LogP contribution >= 0.6 is 0 Å². The fraction of sp³-hybridized carbons (Fsp3) is 0.914. The average molecular weight is 873 g/mol. The maximum absolute atomic E-state index is 12.4. The summed E-state index contributed by atoms with van der Waals surface area (Å²) < 4.78 is 0. The Bertz CT molecular complexity index is 901. The number of nitrogens with one attached hydrogen (secondary N) is 1. The molecule has 368 valence electrons. The van der Waals surface area contributed by atoms with E-state index in [2.05, 4.69) is 31.3 Å². The smallest absolute Gasteiger partial charge is 0.220 e. The second-order valence-corrected chi connectivity index (χ2v) is 19.7. The second kappa shape index (κ2) is 54.2. The number of rotatable bonds is 53. The van der Waals surface area contributed by atoms with Crippen LogP contribution in [-0.2, 0) is 4.79 Å². The number of hydrogen-bond acceptors (Lipinski definition) is 3. The quantitative estimate of drug-likeness (QED) is 0.0421. The molecule has 0 aromatic carbocycles. The van der Waals surface area contributed by atoms with E-state index in [0.29, 0.717) is 6.42 Å². The van der Waals surface area contributed by atoms with Gasteiger partial charge in [-0.15, -0.1) is 0 Å². The number of allylic oxidation sites excluding steroid dienone is 3. The Labute approximate surface area is 389 Å². The summed E-state index contributed by atoms with van der Waals surface area (Å²) in [6.07, 6.45) is 72.1. The van der Waals surface area contributed by atoms with Crippen molar-refractivity contribution in [2.75, 3.05) is 6.61 Å². The standard InChI is InChI=1S/C58H113NO3/c1-3-5-7-9-11-13-15-17-19-21-23-24-25-26-27-28-29-30-31-32-33-34-36-37-39-41-43-45-47-49-51-53-57(61)56(55-60)59-58(62)54-52-50-48-46-44-42-40-38-35-22-20-18-16-14-12-10-8-6-4-2/h43,45,51,53,56-57,60-61H,3-42,44,46-50,52,54-55H2,1-2H3,(H,59,62)/b45-43+,53-51+. The molecule has 4 nitrogen and oxygen atoms in total. The normalized spacial score (nSPS) is 12.9. The van der Waals surface area contributed by atoms with E-state index in [1.807, 2.05) is 6.08 Å². The molecule has 0 radical (unpaired) electrons. The third kappa shape index (κ3) is 49.9. The maximum Gasteiger partial charge on any atom is 0.220 e. The van der Waals surface area contributed by atoms with E-state index in [4.69, 9.17) is 0 Å². The van der Waals surface area contributed by atoms with Gasteiger partial charge in [-0.3, -0.25) is 4.79 Å². The van der Waals surface area contributed by atoms with Gasteiger partial charge in [-0.05, 0) is 32.1 Å². The van der Waals surface area contributed by atoms with E-state index >= 15 is 0 Å². The minimum Gasteiger partial charge on any atom is -0.394 e. The van der Waals surface area contributed by atoms with Gasteiger partial charge in [0, 0.05) is 6.42 Å². The first-order valence-corrected chi connectivity index (χ1v) is 28.6. The van der Waals surface area contributed by atoms with E-state index in [9.17, 15) is 15.0 Å². The molecule has 0 aromatic heterocycles. The third-order valence-corrected chi connectivity index (χ3v) is 13.4. The molecule has 0 bridgehead atoms. The molecule has 4 heteroatoms. The van der Waals surface area contributed by atoms with Crippen LogP contribution in [0.5, 0.6) is 0 Å². The van der Waals surface area contributed by atoms with E-state index in [-0.39, 0.29) is 12.5 Å². The average Bonchev–Trinajstić information content (AvgIpc) is 3.28. The van der Waals surface area contributed by atoms with Gasteiger partial charge in [0.25, 0.3) is 0 Å². The Hall–Kier alpha value is -1.13. The van der Waals surface area contributed by atoms with Crippen molar-refractivity contribution < 1.29 is 15.0 Å². The van der Waals surface area contributed by atoms with Crippen molar-refractivity contribution in [2.24, 2.45) is 0 Å². The van der Waals surface area contributed by atoms with Crippen molar-refractivity contribution in [1.29, 1.82) is 0 Å². The Kier molecular flexibility index (Phi) is 53.2. The number of aliphatic hydroxyl groups is 2. The van der Waals surface area contributed by atoms with Gasteiger partial charge in [-0.25, -0.2) is 0 Å². The van der Waals surface area contributed by atoms with Crippen LogP contribution in [0.3, 0.4) is 0 Å². The highest BCUT2D eigenvalue weighted by molar-refractivity contribution is 5.76. The Morgan fingerprint density at radius 1 is 0.371 bits per heavy atom. The monoisotopic (exact) mass is 872 g/mol. The minimum atomic E-state index is -0.860. The van der Waals surface area contributed by atoms with Crippen LogP contribution in [0.15, 0.2) is 24.3 Å². The molecule has 0 aliphatic heterocycles. The summed E-state index contributed by atoms with van der Waals surface area (Å²) in [5, 5.41) is 23.1. The molecule has 2 atom stereocenters. The van der Waals surface area contributed by atoms with Crippen LogP contribution in [0.2, 0.25) is 0 Å². The van der Waals surface area contributed by atoms with Crippen LogP contribution in [0, 0.1) is 0 Å². The van der Waals surface area contributed by atoms with Crippen molar-refractivity contribution in [3.8, 4) is 0 Å². The molecular formula is C58H113NO3. The fourth-order valence-electron chi connectivity index (χ4n) is 9.08. The van der Waals surface area contributed by atoms with Gasteiger partial charge in [-0.2, -0.15) is 0 Å². The summed E-state index contributed by atoms with van der Waals surface area (Å²) in [4.78, 5) is 12.4. The summed E-state index contributed by atoms with van der Waals surface area (Å²) in [6.45, 7) is 4.34. The van der Waals surface area contributed by atoms with Gasteiger partial charge in [0.2, 0.25) is 5.91 Å². The predicted octanol–water partition coefficient (Wildman–Crippen LogP) is 18.7. The zero-order valence-corrected chi connectivity index (χ0v) is 42.4. The lowest BCUT2D eigenvalue weighted by atomic mass is 10.0. The van der Waals surface area contributed by atoms with Gasteiger partial charge in [-0.1, -0.05) is 308 Å². The highest BCUT2D eigenvalue weighted by atomic mass is 16.3. The fourth-order valence-corrected chi connectivity index (χ4v) is 9.08. The molecule has 0 fully saturated rings. The van der Waals surface area contributed by atoms with Crippen LogP contribution in [0.4, 0.5) is 0 Å². The number of aliphatic hydroxyl groups excluding tert-OH is 2.